The summed E-state index contributed by atoms with van der Waals surface area (Å²) in [5, 5.41) is 3.63. The van der Waals surface area contributed by atoms with Crippen LogP contribution >= 0.6 is 11.6 Å². The third kappa shape index (κ3) is 4.53. The van der Waals surface area contributed by atoms with Crippen molar-refractivity contribution in [2.45, 2.75) is 20.4 Å². The van der Waals surface area contributed by atoms with Crippen LogP contribution in [0.5, 0.6) is 5.75 Å². The van der Waals surface area contributed by atoms with Crippen molar-refractivity contribution in [3.8, 4) is 17.1 Å². The Morgan fingerprint density at radius 1 is 1.03 bits per heavy atom. The van der Waals surface area contributed by atoms with Gasteiger partial charge in [-0.1, -0.05) is 60.1 Å². The van der Waals surface area contributed by atoms with Gasteiger partial charge in [-0.3, -0.25) is 9.59 Å². The maximum Gasteiger partial charge on any atom is 0.258 e. The Morgan fingerprint density at radius 3 is 2.50 bits per heavy atom. The van der Waals surface area contributed by atoms with Gasteiger partial charge in [0.1, 0.15) is 5.58 Å². The minimum Gasteiger partial charge on any atom is -0.476 e. The Morgan fingerprint density at radius 2 is 1.75 bits per heavy atom. The molecule has 0 aliphatic carbocycles. The molecule has 1 heterocycles. The van der Waals surface area contributed by atoms with Crippen LogP contribution in [-0.2, 0) is 11.3 Å². The van der Waals surface area contributed by atoms with E-state index in [1.165, 1.54) is 0 Å². The van der Waals surface area contributed by atoms with Gasteiger partial charge in [0, 0.05) is 12.1 Å². The molecule has 1 amide bonds. The molecule has 4 aromatic rings. The van der Waals surface area contributed by atoms with Crippen molar-refractivity contribution < 1.29 is 13.9 Å². The number of hydrogen-bond acceptors (Lipinski definition) is 4. The van der Waals surface area contributed by atoms with E-state index < -0.39 is 0 Å². The Labute approximate surface area is 190 Å². The van der Waals surface area contributed by atoms with Crippen LogP contribution in [0.4, 0.5) is 0 Å². The predicted molar refractivity (Wildman–Crippen MR) is 126 cm³/mol. The number of carbonyl (C=O) groups excluding carboxylic acids is 1. The molecule has 0 radical (unpaired) electrons. The average Bonchev–Trinajstić information content (AvgIpc) is 2.77. The highest BCUT2D eigenvalue weighted by Crippen LogP contribution is 2.36. The van der Waals surface area contributed by atoms with Gasteiger partial charge in [0.25, 0.3) is 5.91 Å². The quantitative estimate of drug-likeness (QED) is 0.428. The summed E-state index contributed by atoms with van der Waals surface area (Å²) < 4.78 is 11.9. The molecule has 0 unspecified atom stereocenters. The zero-order chi connectivity index (χ0) is 22.7. The summed E-state index contributed by atoms with van der Waals surface area (Å²) >= 11 is 6.38. The van der Waals surface area contributed by atoms with Gasteiger partial charge in [-0.25, -0.2) is 0 Å². The van der Waals surface area contributed by atoms with Gasteiger partial charge >= 0.3 is 0 Å². The smallest absolute Gasteiger partial charge is 0.258 e. The molecule has 162 valence electrons. The molecule has 0 saturated heterocycles. The zero-order valence-corrected chi connectivity index (χ0v) is 18.5. The first-order chi connectivity index (χ1) is 15.4. The van der Waals surface area contributed by atoms with Crippen molar-refractivity contribution in [2.24, 2.45) is 0 Å². The number of amides is 1. The minimum atomic E-state index is -0.348. The topological polar surface area (TPSA) is 68.5 Å². The molecule has 0 aliphatic rings. The molecule has 1 aromatic heterocycles. The summed E-state index contributed by atoms with van der Waals surface area (Å²) in [4.78, 5) is 25.8. The van der Waals surface area contributed by atoms with Crippen LogP contribution < -0.4 is 15.5 Å². The Bertz CT molecular complexity index is 1350. The largest absolute Gasteiger partial charge is 0.476 e. The van der Waals surface area contributed by atoms with Crippen molar-refractivity contribution in [3.05, 3.63) is 98.7 Å². The lowest BCUT2D eigenvalue weighted by Crippen LogP contribution is -2.29. The lowest BCUT2D eigenvalue weighted by Gasteiger charge is -2.14. The highest BCUT2D eigenvalue weighted by atomic mass is 35.5. The molecule has 0 saturated carbocycles. The van der Waals surface area contributed by atoms with Gasteiger partial charge in [0.05, 0.1) is 10.4 Å². The molecular weight excluding hydrogens is 426 g/mol. The van der Waals surface area contributed by atoms with Crippen molar-refractivity contribution >= 4 is 28.5 Å². The van der Waals surface area contributed by atoms with Crippen LogP contribution in [0.1, 0.15) is 16.7 Å². The number of carbonyl (C=O) groups is 1. The molecule has 1 N–H and O–H groups in total. The Kier molecular flexibility index (Phi) is 6.28. The maximum absolute atomic E-state index is 13.4. The van der Waals surface area contributed by atoms with Crippen molar-refractivity contribution in [2.75, 3.05) is 6.61 Å². The molecule has 6 heteroatoms. The predicted octanol–water partition coefficient (Wildman–Crippen LogP) is 5.43. The SMILES string of the molecule is Cc1cc(C)c2c(=O)c(OCC(=O)NCc3ccccc3)c(-c3ccccc3Cl)oc2c1. The number of hydrogen-bond donors (Lipinski definition) is 1. The number of benzene rings is 3. The molecule has 0 aliphatic heterocycles. The van der Waals surface area contributed by atoms with Crippen molar-refractivity contribution in [1.29, 1.82) is 0 Å². The van der Waals surface area contributed by atoms with E-state index in [1.54, 1.807) is 30.3 Å². The molecule has 4 rings (SSSR count). The van der Waals surface area contributed by atoms with E-state index in [1.807, 2.05) is 50.2 Å². The van der Waals surface area contributed by atoms with E-state index in [9.17, 15) is 9.59 Å². The molecule has 0 fully saturated rings. The van der Waals surface area contributed by atoms with E-state index in [4.69, 9.17) is 20.8 Å². The second-order valence-corrected chi connectivity index (χ2v) is 7.98. The van der Waals surface area contributed by atoms with Gasteiger partial charge in [0.2, 0.25) is 11.2 Å². The fourth-order valence-corrected chi connectivity index (χ4v) is 3.83. The van der Waals surface area contributed by atoms with Gasteiger partial charge in [-0.15, -0.1) is 0 Å². The molecule has 0 spiro atoms. The lowest BCUT2D eigenvalue weighted by molar-refractivity contribution is -0.123. The van der Waals surface area contributed by atoms with Gasteiger partial charge in [0.15, 0.2) is 12.4 Å². The van der Waals surface area contributed by atoms with E-state index in [2.05, 4.69) is 5.32 Å². The van der Waals surface area contributed by atoms with Gasteiger partial charge in [-0.05, 0) is 48.7 Å². The third-order valence-electron chi connectivity index (χ3n) is 5.09. The molecule has 3 aromatic carbocycles. The molecule has 32 heavy (non-hydrogen) atoms. The maximum atomic E-state index is 13.4. The average molecular weight is 448 g/mol. The number of ether oxygens (including phenoxy) is 1. The lowest BCUT2D eigenvalue weighted by atomic mass is 10.0. The van der Waals surface area contributed by atoms with Crippen LogP contribution in [0.3, 0.4) is 0 Å². The molecule has 5 nitrogen and oxygen atoms in total. The number of halogens is 1. The molecular formula is C26H22ClNO4. The summed E-state index contributed by atoms with van der Waals surface area (Å²) in [6.07, 6.45) is 0. The number of rotatable bonds is 6. The van der Waals surface area contributed by atoms with Crippen molar-refractivity contribution in [1.82, 2.24) is 5.32 Å². The number of fused-ring (bicyclic) bond motifs is 1. The monoisotopic (exact) mass is 447 g/mol. The summed E-state index contributed by atoms with van der Waals surface area (Å²) in [5.41, 5.74) is 3.34. The Balaban J connectivity index is 1.69. The van der Waals surface area contributed by atoms with E-state index >= 15 is 0 Å². The standard InChI is InChI=1S/C26H22ClNO4/c1-16-12-17(2)23-21(13-16)32-25(19-10-6-7-11-20(19)27)26(24(23)30)31-15-22(29)28-14-18-8-4-3-5-9-18/h3-13H,14-15H2,1-2H3,(H,28,29). The van der Waals surface area contributed by atoms with E-state index in [-0.39, 0.29) is 29.5 Å². The highest BCUT2D eigenvalue weighted by Gasteiger charge is 2.21. The van der Waals surface area contributed by atoms with Crippen molar-refractivity contribution in [3.63, 3.8) is 0 Å². The van der Waals surface area contributed by atoms with E-state index in [0.29, 0.717) is 28.1 Å². The zero-order valence-electron chi connectivity index (χ0n) is 17.8. The van der Waals surface area contributed by atoms with Crippen LogP contribution in [0.25, 0.3) is 22.3 Å². The normalized spacial score (nSPS) is 10.8. The molecule has 0 atom stereocenters. The van der Waals surface area contributed by atoms with Gasteiger partial charge < -0.3 is 14.5 Å². The fraction of sp³-hybridized carbons (Fsp3) is 0.154. The summed E-state index contributed by atoms with van der Waals surface area (Å²) in [6.45, 7) is 3.82. The number of aryl methyl sites for hydroxylation is 2. The molecule has 0 bridgehead atoms. The second-order valence-electron chi connectivity index (χ2n) is 7.58. The van der Waals surface area contributed by atoms with Crippen LogP contribution in [0.15, 0.2) is 75.9 Å². The first-order valence-electron chi connectivity index (χ1n) is 10.2. The highest BCUT2D eigenvalue weighted by molar-refractivity contribution is 6.33. The van der Waals surface area contributed by atoms with Crippen LogP contribution in [-0.4, -0.2) is 12.5 Å². The second kappa shape index (κ2) is 9.28. The van der Waals surface area contributed by atoms with Crippen LogP contribution in [0, 0.1) is 13.8 Å². The first kappa shape index (κ1) is 21.7. The number of nitrogens with one attached hydrogen (secondary N) is 1. The minimum absolute atomic E-state index is 0.0348. The Hall–Kier alpha value is -3.57. The first-order valence-corrected chi connectivity index (χ1v) is 10.6. The summed E-state index contributed by atoms with van der Waals surface area (Å²) in [5.74, 6) is -0.180. The van der Waals surface area contributed by atoms with Gasteiger partial charge in [-0.2, -0.15) is 0 Å². The van der Waals surface area contributed by atoms with Crippen LogP contribution in [0.2, 0.25) is 5.02 Å². The van der Waals surface area contributed by atoms with E-state index in [0.717, 1.165) is 16.7 Å². The summed E-state index contributed by atoms with van der Waals surface area (Å²) in [7, 11) is 0. The fourth-order valence-electron chi connectivity index (χ4n) is 3.61. The summed E-state index contributed by atoms with van der Waals surface area (Å²) in [6, 6.07) is 20.3. The third-order valence-corrected chi connectivity index (χ3v) is 5.42.